The molecule has 21 heavy (non-hydrogen) atoms. The number of hydrogen-bond acceptors (Lipinski definition) is 4. The summed E-state index contributed by atoms with van der Waals surface area (Å²) in [5.41, 5.74) is 1.95. The minimum absolute atomic E-state index is 0.220. The molecule has 1 aliphatic heterocycles. The third-order valence-electron chi connectivity index (χ3n) is 3.31. The average Bonchev–Trinajstić information content (AvgIpc) is 2.52. The van der Waals surface area contributed by atoms with Crippen LogP contribution in [0.5, 0.6) is 0 Å². The van der Waals surface area contributed by atoms with Crippen molar-refractivity contribution in [1.29, 1.82) is 0 Å². The predicted octanol–water partition coefficient (Wildman–Crippen LogP) is 3.56. The zero-order valence-electron chi connectivity index (χ0n) is 11.4. The standard InChI is InChI=1S/C15H15BrFN3O/c16-11-9-14(17)15(18-10-11)19-12-1-3-13(4-2-12)20-5-7-21-8-6-20/h1-4,9-10H,5-8H2,(H,18,19). The van der Waals surface area contributed by atoms with Gasteiger partial charge in [0.2, 0.25) is 0 Å². The number of nitrogens with zero attached hydrogens (tertiary/aromatic N) is 2. The van der Waals surface area contributed by atoms with Gasteiger partial charge in [0.05, 0.1) is 13.2 Å². The Bertz CT molecular complexity index is 615. The summed E-state index contributed by atoms with van der Waals surface area (Å²) in [6.45, 7) is 3.31. The minimum atomic E-state index is -0.387. The van der Waals surface area contributed by atoms with Gasteiger partial charge in [-0.15, -0.1) is 0 Å². The molecule has 110 valence electrons. The van der Waals surface area contributed by atoms with Crippen molar-refractivity contribution < 1.29 is 9.13 Å². The van der Waals surface area contributed by atoms with Crippen molar-refractivity contribution in [3.63, 3.8) is 0 Å². The van der Waals surface area contributed by atoms with E-state index in [1.807, 2.05) is 24.3 Å². The van der Waals surface area contributed by atoms with Gasteiger partial charge in [0.1, 0.15) is 0 Å². The molecule has 0 atom stereocenters. The first-order valence-corrected chi connectivity index (χ1v) is 7.52. The van der Waals surface area contributed by atoms with Gasteiger partial charge in [-0.1, -0.05) is 0 Å². The lowest BCUT2D eigenvalue weighted by molar-refractivity contribution is 0.122. The molecular formula is C15H15BrFN3O. The molecule has 3 rings (SSSR count). The fourth-order valence-corrected chi connectivity index (χ4v) is 2.52. The highest BCUT2D eigenvalue weighted by molar-refractivity contribution is 9.10. The molecule has 0 bridgehead atoms. The highest BCUT2D eigenvalue weighted by Crippen LogP contribution is 2.23. The first-order valence-electron chi connectivity index (χ1n) is 6.73. The third kappa shape index (κ3) is 3.51. The second-order valence-electron chi connectivity index (χ2n) is 4.76. The normalized spacial score (nSPS) is 15.0. The topological polar surface area (TPSA) is 37.4 Å². The molecule has 0 saturated carbocycles. The van der Waals surface area contributed by atoms with E-state index in [0.717, 1.165) is 37.7 Å². The van der Waals surface area contributed by atoms with E-state index in [1.165, 1.54) is 6.07 Å². The van der Waals surface area contributed by atoms with Crippen LogP contribution in [-0.2, 0) is 4.74 Å². The van der Waals surface area contributed by atoms with Crippen LogP contribution in [0.4, 0.5) is 21.6 Å². The molecule has 1 N–H and O–H groups in total. The maximum Gasteiger partial charge on any atom is 0.166 e. The second-order valence-corrected chi connectivity index (χ2v) is 5.67. The largest absolute Gasteiger partial charge is 0.378 e. The van der Waals surface area contributed by atoms with E-state index in [-0.39, 0.29) is 11.6 Å². The summed E-state index contributed by atoms with van der Waals surface area (Å²) in [7, 11) is 0. The number of hydrogen-bond donors (Lipinski definition) is 1. The lowest BCUT2D eigenvalue weighted by Crippen LogP contribution is -2.36. The molecule has 1 fully saturated rings. The fourth-order valence-electron chi connectivity index (χ4n) is 2.22. The number of benzene rings is 1. The highest BCUT2D eigenvalue weighted by atomic mass is 79.9. The van der Waals surface area contributed by atoms with Crippen molar-refractivity contribution in [2.75, 3.05) is 36.5 Å². The van der Waals surface area contributed by atoms with Gasteiger partial charge in [0, 0.05) is 35.1 Å². The Morgan fingerprint density at radius 1 is 1.19 bits per heavy atom. The van der Waals surface area contributed by atoms with Crippen LogP contribution in [0.15, 0.2) is 41.0 Å². The number of halogens is 2. The van der Waals surface area contributed by atoms with Crippen LogP contribution in [0.1, 0.15) is 0 Å². The summed E-state index contributed by atoms with van der Waals surface area (Å²) in [5, 5.41) is 2.98. The third-order valence-corrected chi connectivity index (χ3v) is 3.75. The van der Waals surface area contributed by atoms with E-state index in [2.05, 4.69) is 31.1 Å². The summed E-state index contributed by atoms with van der Waals surface area (Å²) < 4.78 is 19.7. The van der Waals surface area contributed by atoms with Crippen molar-refractivity contribution in [2.45, 2.75) is 0 Å². The first kappa shape index (κ1) is 14.3. The van der Waals surface area contributed by atoms with Crippen LogP contribution in [0.25, 0.3) is 0 Å². The van der Waals surface area contributed by atoms with Crippen LogP contribution < -0.4 is 10.2 Å². The van der Waals surface area contributed by atoms with Crippen molar-refractivity contribution in [1.82, 2.24) is 4.98 Å². The van der Waals surface area contributed by atoms with E-state index < -0.39 is 0 Å². The number of morpholine rings is 1. The molecule has 1 aliphatic rings. The van der Waals surface area contributed by atoms with Crippen molar-refractivity contribution in [2.24, 2.45) is 0 Å². The molecule has 0 spiro atoms. The van der Waals surface area contributed by atoms with E-state index >= 15 is 0 Å². The van der Waals surface area contributed by atoms with Gasteiger partial charge >= 0.3 is 0 Å². The van der Waals surface area contributed by atoms with Gasteiger partial charge in [-0.3, -0.25) is 0 Å². The summed E-state index contributed by atoms with van der Waals surface area (Å²) in [5.74, 6) is -0.168. The molecule has 6 heteroatoms. The quantitative estimate of drug-likeness (QED) is 0.917. The van der Waals surface area contributed by atoms with E-state index in [9.17, 15) is 4.39 Å². The van der Waals surface area contributed by atoms with Crippen LogP contribution in [0, 0.1) is 5.82 Å². The minimum Gasteiger partial charge on any atom is -0.378 e. The molecule has 0 unspecified atom stereocenters. The van der Waals surface area contributed by atoms with Crippen molar-refractivity contribution in [3.8, 4) is 0 Å². The number of anilines is 3. The van der Waals surface area contributed by atoms with Gasteiger partial charge < -0.3 is 15.0 Å². The second kappa shape index (κ2) is 6.41. The average molecular weight is 352 g/mol. The summed E-state index contributed by atoms with van der Waals surface area (Å²) in [4.78, 5) is 6.30. The Kier molecular flexibility index (Phi) is 4.36. The smallest absolute Gasteiger partial charge is 0.166 e. The fraction of sp³-hybridized carbons (Fsp3) is 0.267. The molecular weight excluding hydrogens is 337 g/mol. The van der Waals surface area contributed by atoms with Crippen LogP contribution >= 0.6 is 15.9 Å². The Morgan fingerprint density at radius 3 is 2.57 bits per heavy atom. The van der Waals surface area contributed by atoms with E-state index in [4.69, 9.17) is 4.74 Å². The molecule has 1 aromatic heterocycles. The molecule has 0 aliphatic carbocycles. The molecule has 1 saturated heterocycles. The molecule has 1 aromatic carbocycles. The highest BCUT2D eigenvalue weighted by Gasteiger charge is 2.11. The summed E-state index contributed by atoms with van der Waals surface area (Å²) in [6, 6.07) is 9.27. The van der Waals surface area contributed by atoms with Crippen molar-refractivity contribution >= 4 is 33.1 Å². The van der Waals surface area contributed by atoms with Gasteiger partial charge in [0.25, 0.3) is 0 Å². The number of pyridine rings is 1. The zero-order valence-corrected chi connectivity index (χ0v) is 12.9. The summed E-state index contributed by atoms with van der Waals surface area (Å²) >= 11 is 3.19. The number of rotatable bonds is 3. The maximum atomic E-state index is 13.7. The Balaban J connectivity index is 1.71. The number of nitrogens with one attached hydrogen (secondary N) is 1. The van der Waals surface area contributed by atoms with Gasteiger partial charge in [-0.2, -0.15) is 0 Å². The molecule has 4 nitrogen and oxygen atoms in total. The Labute approximate surface area is 131 Å². The Hall–Kier alpha value is -1.66. The maximum absolute atomic E-state index is 13.7. The monoisotopic (exact) mass is 351 g/mol. The summed E-state index contributed by atoms with van der Waals surface area (Å²) in [6.07, 6.45) is 1.56. The van der Waals surface area contributed by atoms with Gasteiger partial charge in [-0.05, 0) is 46.3 Å². The number of aromatic nitrogens is 1. The lowest BCUT2D eigenvalue weighted by Gasteiger charge is -2.28. The van der Waals surface area contributed by atoms with Crippen LogP contribution in [-0.4, -0.2) is 31.3 Å². The predicted molar refractivity (Wildman–Crippen MR) is 84.7 cm³/mol. The molecule has 0 amide bonds. The zero-order chi connectivity index (χ0) is 14.7. The van der Waals surface area contributed by atoms with Gasteiger partial charge in [0.15, 0.2) is 11.6 Å². The molecule has 0 radical (unpaired) electrons. The lowest BCUT2D eigenvalue weighted by atomic mass is 10.2. The Morgan fingerprint density at radius 2 is 1.90 bits per heavy atom. The molecule has 2 heterocycles. The van der Waals surface area contributed by atoms with Gasteiger partial charge in [-0.25, -0.2) is 9.37 Å². The molecule has 2 aromatic rings. The van der Waals surface area contributed by atoms with Crippen molar-refractivity contribution in [3.05, 3.63) is 46.8 Å². The first-order chi connectivity index (χ1) is 10.2. The van der Waals surface area contributed by atoms with E-state index in [1.54, 1.807) is 6.20 Å². The SMILES string of the molecule is Fc1cc(Br)cnc1Nc1ccc(N2CCOCC2)cc1. The number of ether oxygens (including phenoxy) is 1. The van der Waals surface area contributed by atoms with Crippen LogP contribution in [0.3, 0.4) is 0 Å². The van der Waals surface area contributed by atoms with Crippen LogP contribution in [0.2, 0.25) is 0 Å². The van der Waals surface area contributed by atoms with E-state index in [0.29, 0.717) is 4.47 Å².